The predicted octanol–water partition coefficient (Wildman–Crippen LogP) is 3.18. The van der Waals surface area contributed by atoms with Crippen LogP contribution in [0.15, 0.2) is 60.9 Å². The molecule has 2 aromatic heterocycles. The molecule has 2 aromatic carbocycles. The summed E-state index contributed by atoms with van der Waals surface area (Å²) >= 11 is 0. The summed E-state index contributed by atoms with van der Waals surface area (Å²) in [5.74, 6) is -0.427. The molecule has 9 nitrogen and oxygen atoms in total. The number of fused-ring (bicyclic) bond motifs is 1. The number of anilines is 2. The lowest BCUT2D eigenvalue weighted by Gasteiger charge is -2.27. The minimum atomic E-state index is -0.561. The average Bonchev–Trinajstić information content (AvgIpc) is 3.38. The lowest BCUT2D eigenvalue weighted by atomic mass is 10.1. The van der Waals surface area contributed by atoms with Crippen LogP contribution in [0.2, 0.25) is 0 Å². The Morgan fingerprint density at radius 3 is 2.58 bits per heavy atom. The number of nitrogens with zero attached hydrogens (tertiary/aromatic N) is 5. The Labute approximate surface area is 220 Å². The lowest BCUT2D eigenvalue weighted by Crippen LogP contribution is -2.42. The Kier molecular flexibility index (Phi) is 7.00. The fourth-order valence-electron chi connectivity index (χ4n) is 4.90. The summed E-state index contributed by atoms with van der Waals surface area (Å²) in [7, 11) is 0. The van der Waals surface area contributed by atoms with Crippen LogP contribution in [0.25, 0.3) is 16.7 Å². The van der Waals surface area contributed by atoms with Crippen LogP contribution in [-0.4, -0.2) is 82.7 Å². The van der Waals surface area contributed by atoms with Crippen LogP contribution in [0.3, 0.4) is 0 Å². The maximum atomic E-state index is 15.1. The van der Waals surface area contributed by atoms with Crippen molar-refractivity contribution in [1.82, 2.24) is 29.7 Å². The Morgan fingerprint density at radius 2 is 1.82 bits per heavy atom. The third-order valence-corrected chi connectivity index (χ3v) is 7.01. The molecular weight excluding hydrogens is 485 g/mol. The average molecular weight is 516 g/mol. The van der Waals surface area contributed by atoms with Gasteiger partial charge in [-0.05, 0) is 42.0 Å². The number of ether oxygens (including phenoxy) is 1. The monoisotopic (exact) mass is 515 g/mol. The number of hydrogen-bond donors (Lipinski definition) is 2. The van der Waals surface area contributed by atoms with Crippen molar-refractivity contribution in [1.29, 1.82) is 0 Å². The zero-order valence-electron chi connectivity index (χ0n) is 21.1. The van der Waals surface area contributed by atoms with Crippen LogP contribution >= 0.6 is 0 Å². The molecule has 2 N–H and O–H groups in total. The zero-order valence-corrected chi connectivity index (χ0v) is 21.1. The number of amides is 1. The Bertz CT molecular complexity index is 1430. The van der Waals surface area contributed by atoms with E-state index in [1.165, 1.54) is 17.7 Å². The number of nitrogens with one attached hydrogen (secondary N) is 2. The number of carbonyl (C=O) groups excluding carboxylic acids is 1. The van der Waals surface area contributed by atoms with E-state index in [1.807, 2.05) is 24.4 Å². The molecule has 1 amide bonds. The minimum Gasteiger partial charge on any atom is -0.378 e. The van der Waals surface area contributed by atoms with Gasteiger partial charge in [-0.3, -0.25) is 9.69 Å². The van der Waals surface area contributed by atoms with Crippen molar-refractivity contribution in [3.63, 3.8) is 0 Å². The zero-order chi connectivity index (χ0) is 25.9. The number of rotatable bonds is 6. The summed E-state index contributed by atoms with van der Waals surface area (Å²) in [4.78, 5) is 26.0. The normalized spacial score (nSPS) is 16.6. The van der Waals surface area contributed by atoms with E-state index in [4.69, 9.17) is 9.72 Å². The Hall–Kier alpha value is -3.86. The molecule has 2 fully saturated rings. The lowest BCUT2D eigenvalue weighted by molar-refractivity contribution is 0.0300. The molecule has 0 unspecified atom stereocenters. The van der Waals surface area contributed by atoms with Gasteiger partial charge in [0.25, 0.3) is 5.91 Å². The quantitative estimate of drug-likeness (QED) is 0.408. The number of benzene rings is 2. The van der Waals surface area contributed by atoms with E-state index in [-0.39, 0.29) is 11.5 Å². The van der Waals surface area contributed by atoms with Gasteiger partial charge in [-0.2, -0.15) is 4.98 Å². The summed E-state index contributed by atoms with van der Waals surface area (Å²) in [5, 5.41) is 7.48. The van der Waals surface area contributed by atoms with Gasteiger partial charge in [-0.15, -0.1) is 0 Å². The molecule has 0 radical (unpaired) electrons. The van der Waals surface area contributed by atoms with Crippen molar-refractivity contribution in [3.05, 3.63) is 77.9 Å². The van der Waals surface area contributed by atoms with Crippen LogP contribution in [0.5, 0.6) is 0 Å². The molecule has 10 heteroatoms. The first kappa shape index (κ1) is 24.5. The number of piperazine rings is 1. The highest BCUT2D eigenvalue weighted by atomic mass is 19.1. The molecule has 38 heavy (non-hydrogen) atoms. The van der Waals surface area contributed by atoms with Crippen molar-refractivity contribution in [2.24, 2.45) is 0 Å². The first-order valence-corrected chi connectivity index (χ1v) is 12.9. The molecule has 6 rings (SSSR count). The summed E-state index contributed by atoms with van der Waals surface area (Å²) in [6.45, 7) is 6.99. The highest BCUT2D eigenvalue weighted by Gasteiger charge is 2.22. The summed E-state index contributed by atoms with van der Waals surface area (Å²) in [6.07, 6.45) is 3.57. The molecule has 2 aliphatic heterocycles. The maximum Gasteiger partial charge on any atom is 0.256 e. The second-order valence-electron chi connectivity index (χ2n) is 9.58. The van der Waals surface area contributed by atoms with Gasteiger partial charge in [0.15, 0.2) is 0 Å². The molecule has 4 aromatic rings. The number of hydrogen-bond acceptors (Lipinski definition) is 7. The van der Waals surface area contributed by atoms with Gasteiger partial charge in [-0.1, -0.05) is 12.1 Å². The standard InChI is InChI=1S/C28H30FN7O2/c29-25-17-23(5-6-24(25)27(37)35-13-15-38-16-14-35)36-10-7-21-18-31-28(33-26(21)36)32-22-3-1-20(2-4-22)19-34-11-8-30-9-12-34/h1-7,10,17-18,30H,8-9,11-16,19H2,(H,31,32,33). The summed E-state index contributed by atoms with van der Waals surface area (Å²) < 4.78 is 22.1. The van der Waals surface area contributed by atoms with Gasteiger partial charge >= 0.3 is 0 Å². The minimum absolute atomic E-state index is 0.0597. The third-order valence-electron chi connectivity index (χ3n) is 7.01. The van der Waals surface area contributed by atoms with Crippen molar-refractivity contribution < 1.29 is 13.9 Å². The number of morpholine rings is 1. The van der Waals surface area contributed by atoms with Crippen molar-refractivity contribution in [2.75, 3.05) is 57.8 Å². The molecule has 196 valence electrons. The fraction of sp³-hybridized carbons (Fsp3) is 0.321. The Balaban J connectivity index is 1.19. The number of halogens is 1. The summed E-state index contributed by atoms with van der Waals surface area (Å²) in [6, 6.07) is 14.8. The van der Waals surface area contributed by atoms with E-state index in [1.54, 1.807) is 21.7 Å². The van der Waals surface area contributed by atoms with Crippen molar-refractivity contribution in [3.8, 4) is 5.69 Å². The molecule has 0 aliphatic carbocycles. The number of carbonyl (C=O) groups is 1. The molecule has 0 atom stereocenters. The molecular formula is C28H30FN7O2. The van der Waals surface area contributed by atoms with Crippen LogP contribution < -0.4 is 10.6 Å². The maximum absolute atomic E-state index is 15.1. The molecule has 0 spiro atoms. The van der Waals surface area contributed by atoms with E-state index in [9.17, 15) is 4.79 Å². The van der Waals surface area contributed by atoms with Gasteiger partial charge in [0.2, 0.25) is 5.95 Å². The van der Waals surface area contributed by atoms with Crippen LogP contribution in [-0.2, 0) is 11.3 Å². The molecule has 4 heterocycles. The van der Waals surface area contributed by atoms with Gasteiger partial charge in [0.1, 0.15) is 11.5 Å². The van der Waals surface area contributed by atoms with E-state index >= 15 is 4.39 Å². The third kappa shape index (κ3) is 5.24. The molecule has 0 bridgehead atoms. The molecule has 0 saturated carbocycles. The van der Waals surface area contributed by atoms with Crippen molar-refractivity contribution >= 4 is 28.6 Å². The van der Waals surface area contributed by atoms with Crippen LogP contribution in [0.4, 0.5) is 16.0 Å². The van der Waals surface area contributed by atoms with Crippen LogP contribution in [0.1, 0.15) is 15.9 Å². The SMILES string of the molecule is O=C(c1ccc(-n2ccc3cnc(Nc4ccc(CN5CCNCC5)cc4)nc32)cc1F)N1CCOCC1. The van der Waals surface area contributed by atoms with Crippen LogP contribution in [0, 0.1) is 5.82 Å². The topological polar surface area (TPSA) is 87.6 Å². The van der Waals surface area contributed by atoms with E-state index in [0.29, 0.717) is 43.6 Å². The molecule has 2 aliphatic rings. The first-order valence-electron chi connectivity index (χ1n) is 12.9. The van der Waals surface area contributed by atoms with E-state index in [0.717, 1.165) is 43.8 Å². The first-order chi connectivity index (χ1) is 18.6. The Morgan fingerprint density at radius 1 is 1.03 bits per heavy atom. The number of aromatic nitrogens is 3. The summed E-state index contributed by atoms with van der Waals surface area (Å²) in [5.41, 5.74) is 3.44. The van der Waals surface area contributed by atoms with Crippen molar-refractivity contribution in [2.45, 2.75) is 6.54 Å². The smallest absolute Gasteiger partial charge is 0.256 e. The van der Waals surface area contributed by atoms with E-state index < -0.39 is 5.82 Å². The van der Waals surface area contributed by atoms with Gasteiger partial charge in [-0.25, -0.2) is 9.37 Å². The molecule has 2 saturated heterocycles. The van der Waals surface area contributed by atoms with Gasteiger partial charge in [0.05, 0.1) is 18.8 Å². The van der Waals surface area contributed by atoms with Gasteiger partial charge in [0, 0.05) is 75.0 Å². The van der Waals surface area contributed by atoms with E-state index in [2.05, 4.69) is 32.7 Å². The second-order valence-corrected chi connectivity index (χ2v) is 9.58. The van der Waals surface area contributed by atoms with Gasteiger partial charge < -0.3 is 24.8 Å². The largest absolute Gasteiger partial charge is 0.378 e. The highest BCUT2D eigenvalue weighted by Crippen LogP contribution is 2.23. The highest BCUT2D eigenvalue weighted by molar-refractivity contribution is 5.95. The fourth-order valence-corrected chi connectivity index (χ4v) is 4.90. The second kappa shape index (κ2) is 10.9. The predicted molar refractivity (Wildman–Crippen MR) is 143 cm³/mol.